The predicted molar refractivity (Wildman–Crippen MR) is 144 cm³/mol. The van der Waals surface area contributed by atoms with Crippen LogP contribution in [0.3, 0.4) is 0 Å². The van der Waals surface area contributed by atoms with Gasteiger partial charge >= 0.3 is 0 Å². The Labute approximate surface area is 220 Å². The maximum absolute atomic E-state index is 13.2. The largest absolute Gasteiger partial charge is 0.353 e. The van der Waals surface area contributed by atoms with Crippen molar-refractivity contribution in [3.05, 3.63) is 76.2 Å². The van der Waals surface area contributed by atoms with Crippen molar-refractivity contribution >= 4 is 32.6 Å². The summed E-state index contributed by atoms with van der Waals surface area (Å²) >= 11 is 0. The highest BCUT2D eigenvalue weighted by Gasteiger charge is 2.31. The molecule has 1 saturated heterocycles. The standard InChI is InChI=1S/C26H29N7O4S/c1-18(2)17-23-27-25(24-19(3)29-32(26(24)28-23)20-7-5-4-6-8-20)30-13-15-31(16-14-30)38(36,37)22-11-9-21(10-12-22)33(34)35/h4-12,18H,13-17H2,1-3H3. The van der Waals surface area contributed by atoms with Gasteiger partial charge in [-0.3, -0.25) is 10.1 Å². The lowest BCUT2D eigenvalue weighted by Gasteiger charge is -2.35. The normalized spacial score (nSPS) is 14.9. The van der Waals surface area contributed by atoms with Gasteiger partial charge in [-0.2, -0.15) is 9.40 Å². The predicted octanol–water partition coefficient (Wildman–Crippen LogP) is 3.74. The fourth-order valence-corrected chi connectivity index (χ4v) is 6.09. The molecule has 3 heterocycles. The van der Waals surface area contributed by atoms with Crippen LogP contribution in [0.5, 0.6) is 0 Å². The van der Waals surface area contributed by atoms with E-state index in [1.807, 2.05) is 41.9 Å². The Kier molecular flexibility index (Phi) is 6.84. The molecule has 5 rings (SSSR count). The molecule has 0 radical (unpaired) electrons. The van der Waals surface area contributed by atoms with Gasteiger partial charge in [0.05, 0.1) is 26.6 Å². The summed E-state index contributed by atoms with van der Waals surface area (Å²) in [5.74, 6) is 1.84. The molecule has 11 nitrogen and oxygen atoms in total. The Morgan fingerprint density at radius 1 is 0.974 bits per heavy atom. The Balaban J connectivity index is 1.46. The number of rotatable bonds is 7. The van der Waals surface area contributed by atoms with Crippen LogP contribution in [0.2, 0.25) is 0 Å². The molecule has 1 aliphatic rings. The van der Waals surface area contributed by atoms with Crippen molar-refractivity contribution in [2.24, 2.45) is 5.92 Å². The average Bonchev–Trinajstić information content (AvgIpc) is 3.24. The fourth-order valence-electron chi connectivity index (χ4n) is 4.67. The zero-order chi connectivity index (χ0) is 27.0. The number of hydrogen-bond donors (Lipinski definition) is 0. The first-order chi connectivity index (χ1) is 18.1. The van der Waals surface area contributed by atoms with Crippen LogP contribution in [0.25, 0.3) is 16.7 Å². The van der Waals surface area contributed by atoms with Crippen molar-refractivity contribution in [2.75, 3.05) is 31.1 Å². The Morgan fingerprint density at radius 2 is 1.63 bits per heavy atom. The van der Waals surface area contributed by atoms with E-state index in [-0.39, 0.29) is 23.7 Å². The summed E-state index contributed by atoms with van der Waals surface area (Å²) in [6.07, 6.45) is 0.705. The lowest BCUT2D eigenvalue weighted by molar-refractivity contribution is -0.384. The van der Waals surface area contributed by atoms with Gasteiger partial charge < -0.3 is 4.90 Å². The molecule has 0 atom stereocenters. The number of nitrogens with zero attached hydrogens (tertiary/aromatic N) is 7. The third kappa shape index (κ3) is 4.84. The van der Waals surface area contributed by atoms with Crippen LogP contribution in [0.1, 0.15) is 25.4 Å². The number of benzene rings is 2. The van der Waals surface area contributed by atoms with Crippen molar-refractivity contribution in [1.82, 2.24) is 24.1 Å². The number of aromatic nitrogens is 4. The van der Waals surface area contributed by atoms with Gasteiger partial charge in [0.1, 0.15) is 11.6 Å². The quantitative estimate of drug-likeness (QED) is 0.259. The molecule has 1 fully saturated rings. The van der Waals surface area contributed by atoms with Crippen molar-refractivity contribution in [1.29, 1.82) is 0 Å². The highest BCUT2D eigenvalue weighted by molar-refractivity contribution is 7.89. The third-order valence-corrected chi connectivity index (χ3v) is 8.46. The van der Waals surface area contributed by atoms with Gasteiger partial charge in [-0.1, -0.05) is 32.0 Å². The van der Waals surface area contributed by atoms with Crippen LogP contribution in [0, 0.1) is 23.0 Å². The van der Waals surface area contributed by atoms with Gasteiger partial charge in [0.2, 0.25) is 10.0 Å². The summed E-state index contributed by atoms with van der Waals surface area (Å²) in [5.41, 5.74) is 2.29. The lowest BCUT2D eigenvalue weighted by atomic mass is 10.1. The molecule has 0 N–H and O–H groups in total. The molecule has 12 heteroatoms. The second kappa shape index (κ2) is 10.1. The zero-order valence-corrected chi connectivity index (χ0v) is 22.3. The molecule has 0 spiro atoms. The van der Waals surface area contributed by atoms with E-state index in [0.29, 0.717) is 25.4 Å². The van der Waals surface area contributed by atoms with E-state index >= 15 is 0 Å². The molecule has 0 saturated carbocycles. The number of piperazine rings is 1. The highest BCUT2D eigenvalue weighted by Crippen LogP contribution is 2.31. The van der Waals surface area contributed by atoms with Crippen LogP contribution in [0.15, 0.2) is 59.5 Å². The molecule has 1 aliphatic heterocycles. The second-order valence-electron chi connectivity index (χ2n) is 9.73. The number of para-hydroxylation sites is 1. The van der Waals surface area contributed by atoms with Gasteiger partial charge in [0.25, 0.3) is 5.69 Å². The van der Waals surface area contributed by atoms with Gasteiger partial charge in [0.15, 0.2) is 5.65 Å². The van der Waals surface area contributed by atoms with E-state index in [2.05, 4.69) is 18.7 Å². The molecule has 2 aromatic heterocycles. The minimum Gasteiger partial charge on any atom is -0.353 e. The summed E-state index contributed by atoms with van der Waals surface area (Å²) in [4.78, 5) is 22.4. The smallest absolute Gasteiger partial charge is 0.269 e. The van der Waals surface area contributed by atoms with E-state index < -0.39 is 14.9 Å². The third-order valence-electron chi connectivity index (χ3n) is 6.54. The minimum absolute atomic E-state index is 0.0418. The average molecular weight is 536 g/mol. The Hall–Kier alpha value is -3.90. The van der Waals surface area contributed by atoms with Crippen molar-refractivity contribution in [2.45, 2.75) is 32.1 Å². The summed E-state index contributed by atoms with van der Waals surface area (Å²) in [5, 5.41) is 16.6. The van der Waals surface area contributed by atoms with E-state index in [1.165, 1.54) is 28.6 Å². The van der Waals surface area contributed by atoms with Gasteiger partial charge in [-0.15, -0.1) is 0 Å². The summed E-state index contributed by atoms with van der Waals surface area (Å²) in [6, 6.07) is 14.8. The summed E-state index contributed by atoms with van der Waals surface area (Å²) in [7, 11) is -3.78. The summed E-state index contributed by atoms with van der Waals surface area (Å²) in [6.45, 7) is 7.58. The molecular formula is C26H29N7O4S. The van der Waals surface area contributed by atoms with Crippen LogP contribution >= 0.6 is 0 Å². The number of nitro benzene ring substituents is 1. The number of fused-ring (bicyclic) bond motifs is 1. The lowest BCUT2D eigenvalue weighted by Crippen LogP contribution is -2.49. The number of aryl methyl sites for hydroxylation is 1. The molecule has 2 aromatic carbocycles. The first kappa shape index (κ1) is 25.7. The van der Waals surface area contributed by atoms with E-state index in [0.717, 1.165) is 34.1 Å². The molecular weight excluding hydrogens is 506 g/mol. The van der Waals surface area contributed by atoms with Gasteiger partial charge in [-0.05, 0) is 37.1 Å². The molecule has 198 valence electrons. The molecule has 38 heavy (non-hydrogen) atoms. The maximum atomic E-state index is 13.2. The van der Waals surface area contributed by atoms with Crippen molar-refractivity contribution in [3.63, 3.8) is 0 Å². The monoisotopic (exact) mass is 535 g/mol. The van der Waals surface area contributed by atoms with Gasteiger partial charge in [0, 0.05) is 44.7 Å². The van der Waals surface area contributed by atoms with Crippen LogP contribution in [-0.2, 0) is 16.4 Å². The van der Waals surface area contributed by atoms with Crippen LogP contribution in [0.4, 0.5) is 11.5 Å². The molecule has 0 aliphatic carbocycles. The molecule has 0 bridgehead atoms. The Bertz CT molecular complexity index is 1580. The van der Waals surface area contributed by atoms with Crippen molar-refractivity contribution in [3.8, 4) is 5.69 Å². The zero-order valence-electron chi connectivity index (χ0n) is 21.5. The maximum Gasteiger partial charge on any atom is 0.269 e. The van der Waals surface area contributed by atoms with Crippen molar-refractivity contribution < 1.29 is 13.3 Å². The number of sulfonamides is 1. The SMILES string of the molecule is Cc1nn(-c2ccccc2)c2nc(CC(C)C)nc(N3CCN(S(=O)(=O)c4ccc([N+](=O)[O-])cc4)CC3)c12. The molecule has 4 aromatic rings. The first-order valence-electron chi connectivity index (χ1n) is 12.5. The van der Waals surface area contributed by atoms with E-state index in [1.54, 1.807) is 0 Å². The van der Waals surface area contributed by atoms with Crippen LogP contribution in [-0.4, -0.2) is 63.6 Å². The Morgan fingerprint density at radius 3 is 2.24 bits per heavy atom. The summed E-state index contributed by atoms with van der Waals surface area (Å²) < 4.78 is 29.7. The first-order valence-corrected chi connectivity index (χ1v) is 13.9. The topological polar surface area (TPSA) is 127 Å². The molecule has 0 unspecified atom stereocenters. The minimum atomic E-state index is -3.78. The second-order valence-corrected chi connectivity index (χ2v) is 11.7. The van der Waals surface area contributed by atoms with E-state index in [4.69, 9.17) is 15.1 Å². The van der Waals surface area contributed by atoms with E-state index in [9.17, 15) is 18.5 Å². The number of non-ortho nitro benzene ring substituents is 1. The highest BCUT2D eigenvalue weighted by atomic mass is 32.2. The van der Waals surface area contributed by atoms with Crippen LogP contribution < -0.4 is 4.90 Å². The number of nitro groups is 1. The fraction of sp³-hybridized carbons (Fsp3) is 0.346. The van der Waals surface area contributed by atoms with Gasteiger partial charge in [-0.25, -0.2) is 23.1 Å². The number of hydrogen-bond acceptors (Lipinski definition) is 8. The molecule has 0 amide bonds. The number of anilines is 1.